The highest BCUT2D eigenvalue weighted by Crippen LogP contribution is 2.55. The number of ether oxygens (including phenoxy) is 3. The monoisotopic (exact) mass is 373 g/mol. The van der Waals surface area contributed by atoms with E-state index < -0.39 is 5.97 Å². The zero-order valence-corrected chi connectivity index (χ0v) is 16.0. The molecule has 6 nitrogen and oxygen atoms in total. The Balaban J connectivity index is 1.37. The number of amides is 1. The van der Waals surface area contributed by atoms with Crippen LogP contribution in [0.4, 0.5) is 0 Å². The molecule has 0 spiro atoms. The Hall–Kier alpha value is -2.24. The highest BCUT2D eigenvalue weighted by molar-refractivity contribution is 5.90. The van der Waals surface area contributed by atoms with E-state index in [1.54, 1.807) is 18.2 Å². The van der Waals surface area contributed by atoms with Gasteiger partial charge in [-0.1, -0.05) is 0 Å². The van der Waals surface area contributed by atoms with E-state index in [4.69, 9.17) is 14.2 Å². The third-order valence-electron chi connectivity index (χ3n) is 6.39. The van der Waals surface area contributed by atoms with Gasteiger partial charge in [0.25, 0.3) is 5.91 Å². The van der Waals surface area contributed by atoms with Crippen LogP contribution < -0.4 is 14.8 Å². The highest BCUT2D eigenvalue weighted by atomic mass is 16.5. The van der Waals surface area contributed by atoms with E-state index >= 15 is 0 Å². The molecule has 0 unspecified atom stereocenters. The highest BCUT2D eigenvalue weighted by Gasteiger charge is 2.51. The van der Waals surface area contributed by atoms with Crippen molar-refractivity contribution < 1.29 is 23.8 Å². The topological polar surface area (TPSA) is 73.9 Å². The Morgan fingerprint density at radius 2 is 1.67 bits per heavy atom. The first-order valence-electron chi connectivity index (χ1n) is 9.70. The molecule has 0 radical (unpaired) electrons. The largest absolute Gasteiger partial charge is 0.493 e. The van der Waals surface area contributed by atoms with Crippen molar-refractivity contribution in [1.29, 1.82) is 0 Å². The summed E-state index contributed by atoms with van der Waals surface area (Å²) in [7, 11) is 2.83. The summed E-state index contributed by atoms with van der Waals surface area (Å²) >= 11 is 0. The molecule has 0 heterocycles. The van der Waals surface area contributed by atoms with Gasteiger partial charge in [-0.3, -0.25) is 4.79 Å². The van der Waals surface area contributed by atoms with E-state index in [2.05, 4.69) is 5.32 Å². The molecule has 1 amide bonds. The van der Waals surface area contributed by atoms with Gasteiger partial charge in [-0.15, -0.1) is 0 Å². The average molecular weight is 373 g/mol. The van der Waals surface area contributed by atoms with E-state index in [0.29, 0.717) is 17.1 Å². The first-order valence-corrected chi connectivity index (χ1v) is 9.70. The zero-order valence-electron chi connectivity index (χ0n) is 16.0. The number of hydrogen-bond donors (Lipinski definition) is 1. The van der Waals surface area contributed by atoms with E-state index in [0.717, 1.165) is 37.0 Å². The second-order valence-corrected chi connectivity index (χ2v) is 8.39. The standard InChI is InChI=1S/C21H27NO5/c1-25-18-8-16(20(24)26-2)3-4-17(18)27-12-19(23)22-21-9-13-5-14(10-21)7-15(6-13)11-21/h3-4,8,13-15H,5-7,9-12H2,1-2H3,(H,22,23). The van der Waals surface area contributed by atoms with E-state index in [1.807, 2.05) is 0 Å². The molecule has 146 valence electrons. The first-order chi connectivity index (χ1) is 13.0. The van der Waals surface area contributed by atoms with Crippen LogP contribution in [-0.2, 0) is 9.53 Å². The SMILES string of the molecule is COC(=O)c1ccc(OCC(=O)NC23CC4CC(CC(C4)C2)C3)c(OC)c1. The van der Waals surface area contributed by atoms with Crippen LogP contribution in [0.25, 0.3) is 0 Å². The maximum Gasteiger partial charge on any atom is 0.337 e. The third-order valence-corrected chi connectivity index (χ3v) is 6.39. The van der Waals surface area contributed by atoms with Crippen LogP contribution in [0, 0.1) is 17.8 Å². The molecule has 4 bridgehead atoms. The van der Waals surface area contributed by atoms with Gasteiger partial charge in [-0.2, -0.15) is 0 Å². The van der Waals surface area contributed by atoms with Crippen molar-refractivity contribution in [3.63, 3.8) is 0 Å². The fourth-order valence-electron chi connectivity index (χ4n) is 5.77. The smallest absolute Gasteiger partial charge is 0.337 e. The molecule has 1 aromatic rings. The van der Waals surface area contributed by atoms with Crippen LogP contribution in [0.3, 0.4) is 0 Å². The maximum atomic E-state index is 12.6. The summed E-state index contributed by atoms with van der Waals surface area (Å²) in [6, 6.07) is 4.78. The third kappa shape index (κ3) is 3.62. The fraction of sp³-hybridized carbons (Fsp3) is 0.619. The number of hydrogen-bond acceptors (Lipinski definition) is 5. The van der Waals surface area contributed by atoms with Crippen LogP contribution in [0.1, 0.15) is 48.9 Å². The van der Waals surface area contributed by atoms with Crippen molar-refractivity contribution in [1.82, 2.24) is 5.32 Å². The molecule has 4 saturated carbocycles. The molecule has 4 aliphatic carbocycles. The molecule has 0 saturated heterocycles. The Morgan fingerprint density at radius 1 is 1.04 bits per heavy atom. The minimum atomic E-state index is -0.445. The van der Waals surface area contributed by atoms with Gasteiger partial charge < -0.3 is 19.5 Å². The van der Waals surface area contributed by atoms with Gasteiger partial charge in [0, 0.05) is 5.54 Å². The molecular weight excluding hydrogens is 346 g/mol. The van der Waals surface area contributed by atoms with Crippen LogP contribution in [0.2, 0.25) is 0 Å². The van der Waals surface area contributed by atoms with Crippen molar-refractivity contribution in [2.75, 3.05) is 20.8 Å². The summed E-state index contributed by atoms with van der Waals surface area (Å²) in [5, 5.41) is 3.29. The Labute approximate surface area is 159 Å². The number of rotatable bonds is 6. The van der Waals surface area contributed by atoms with Gasteiger partial charge in [0.05, 0.1) is 19.8 Å². The van der Waals surface area contributed by atoms with Crippen LogP contribution in [0.5, 0.6) is 11.5 Å². The number of benzene rings is 1. The van der Waals surface area contributed by atoms with Crippen LogP contribution >= 0.6 is 0 Å². The van der Waals surface area contributed by atoms with E-state index in [1.165, 1.54) is 33.5 Å². The van der Waals surface area contributed by atoms with Gasteiger partial charge >= 0.3 is 5.97 Å². The Kier molecular flexibility index (Phi) is 4.74. The van der Waals surface area contributed by atoms with Gasteiger partial charge in [0.2, 0.25) is 0 Å². The maximum absolute atomic E-state index is 12.6. The quantitative estimate of drug-likeness (QED) is 0.776. The number of esters is 1. The molecule has 0 aliphatic heterocycles. The predicted molar refractivity (Wildman–Crippen MR) is 98.9 cm³/mol. The lowest BCUT2D eigenvalue weighted by Gasteiger charge is -2.56. The first kappa shape index (κ1) is 18.1. The zero-order chi connectivity index (χ0) is 19.0. The molecule has 4 aliphatic rings. The van der Waals surface area contributed by atoms with Gasteiger partial charge in [-0.05, 0) is 74.5 Å². The Bertz CT molecular complexity index is 709. The molecule has 6 heteroatoms. The second-order valence-electron chi connectivity index (χ2n) is 8.39. The number of nitrogens with one attached hydrogen (secondary N) is 1. The van der Waals surface area contributed by atoms with Gasteiger partial charge in [0.1, 0.15) is 0 Å². The molecule has 5 rings (SSSR count). The van der Waals surface area contributed by atoms with Crippen LogP contribution in [0.15, 0.2) is 18.2 Å². The van der Waals surface area contributed by atoms with Gasteiger partial charge in [0.15, 0.2) is 18.1 Å². The lowest BCUT2D eigenvalue weighted by molar-refractivity contribution is -0.128. The average Bonchev–Trinajstić information content (AvgIpc) is 2.64. The molecule has 0 atom stereocenters. The molecule has 4 fully saturated rings. The molecule has 0 aromatic heterocycles. The minimum absolute atomic E-state index is 0.0198. The summed E-state index contributed by atoms with van der Waals surface area (Å²) in [6.07, 6.45) is 7.37. The van der Waals surface area contributed by atoms with Crippen molar-refractivity contribution >= 4 is 11.9 Å². The van der Waals surface area contributed by atoms with Crippen molar-refractivity contribution in [3.05, 3.63) is 23.8 Å². The molecule has 1 aromatic carbocycles. The van der Waals surface area contributed by atoms with Gasteiger partial charge in [-0.25, -0.2) is 4.79 Å². The normalized spacial score (nSPS) is 30.7. The molecular formula is C21H27NO5. The molecule has 27 heavy (non-hydrogen) atoms. The summed E-state index contributed by atoms with van der Waals surface area (Å²) in [5.41, 5.74) is 0.355. The Morgan fingerprint density at radius 3 is 2.22 bits per heavy atom. The van der Waals surface area contributed by atoms with Crippen molar-refractivity contribution in [2.45, 2.75) is 44.1 Å². The number of carbonyl (C=O) groups is 2. The fourth-order valence-corrected chi connectivity index (χ4v) is 5.77. The lowest BCUT2D eigenvalue weighted by atomic mass is 9.53. The summed E-state index contributed by atoms with van der Waals surface area (Å²) in [6.45, 7) is -0.0598. The molecule has 1 N–H and O–H groups in total. The summed E-state index contributed by atoms with van der Waals surface area (Å²) in [5.74, 6) is 2.65. The van der Waals surface area contributed by atoms with E-state index in [-0.39, 0.29) is 18.1 Å². The predicted octanol–water partition coefficient (Wildman–Crippen LogP) is 2.95. The minimum Gasteiger partial charge on any atom is -0.493 e. The lowest BCUT2D eigenvalue weighted by Crippen LogP contribution is -2.60. The summed E-state index contributed by atoms with van der Waals surface area (Å²) < 4.78 is 15.7. The second kappa shape index (κ2) is 7.06. The van der Waals surface area contributed by atoms with Crippen molar-refractivity contribution in [2.24, 2.45) is 17.8 Å². The van der Waals surface area contributed by atoms with Crippen molar-refractivity contribution in [3.8, 4) is 11.5 Å². The number of carbonyl (C=O) groups excluding carboxylic acids is 2. The number of methoxy groups -OCH3 is 2. The van der Waals surface area contributed by atoms with E-state index in [9.17, 15) is 9.59 Å². The summed E-state index contributed by atoms with van der Waals surface area (Å²) in [4.78, 5) is 24.2. The van der Waals surface area contributed by atoms with Crippen LogP contribution in [-0.4, -0.2) is 38.2 Å².